The van der Waals surface area contributed by atoms with Gasteiger partial charge in [0.1, 0.15) is 0 Å². The fourth-order valence-electron chi connectivity index (χ4n) is 3.53. The predicted molar refractivity (Wildman–Crippen MR) is 90.4 cm³/mol. The second-order valence-corrected chi connectivity index (χ2v) is 7.19. The molecule has 5 heteroatoms. The Morgan fingerprint density at radius 1 is 1.14 bits per heavy atom. The summed E-state index contributed by atoms with van der Waals surface area (Å²) < 4.78 is 5.80. The van der Waals surface area contributed by atoms with Gasteiger partial charge in [-0.15, -0.1) is 12.4 Å². The zero-order valence-corrected chi connectivity index (χ0v) is 14.6. The molecule has 2 unspecified atom stereocenters. The normalized spacial score (nSPS) is 29.4. The number of hydrogen-bond acceptors (Lipinski definition) is 3. The minimum atomic E-state index is 0. The smallest absolute Gasteiger partial charge is 0.222 e. The first-order valence-electron chi connectivity index (χ1n) is 8.87. The highest BCUT2D eigenvalue weighted by atomic mass is 35.5. The highest BCUT2D eigenvalue weighted by molar-refractivity contribution is 5.85. The van der Waals surface area contributed by atoms with Gasteiger partial charge in [0, 0.05) is 25.6 Å². The molecule has 2 saturated heterocycles. The van der Waals surface area contributed by atoms with Crippen molar-refractivity contribution in [3.8, 4) is 0 Å². The number of carbonyl (C=O) groups excluding carboxylic acids is 1. The molecule has 2 aliphatic heterocycles. The van der Waals surface area contributed by atoms with Gasteiger partial charge in [-0.3, -0.25) is 4.79 Å². The lowest BCUT2D eigenvalue weighted by molar-refractivity contribution is -0.133. The van der Waals surface area contributed by atoms with Crippen LogP contribution in [0.3, 0.4) is 0 Å². The van der Waals surface area contributed by atoms with Gasteiger partial charge in [0.2, 0.25) is 5.91 Å². The lowest BCUT2D eigenvalue weighted by Gasteiger charge is -2.33. The maximum absolute atomic E-state index is 12.3. The van der Waals surface area contributed by atoms with Crippen LogP contribution in [0.1, 0.15) is 58.3 Å². The highest BCUT2D eigenvalue weighted by Gasteiger charge is 2.27. The third-order valence-electron chi connectivity index (χ3n) is 5.24. The van der Waals surface area contributed by atoms with Crippen LogP contribution in [0, 0.1) is 5.92 Å². The van der Waals surface area contributed by atoms with E-state index in [1.807, 2.05) is 0 Å². The fraction of sp³-hybridized carbons (Fsp3) is 0.941. The molecule has 3 rings (SSSR count). The molecule has 1 amide bonds. The van der Waals surface area contributed by atoms with Crippen LogP contribution in [0.5, 0.6) is 0 Å². The number of nitrogens with zero attached hydrogens (tertiary/aromatic N) is 1. The number of nitrogens with one attached hydrogen (secondary N) is 1. The van der Waals surface area contributed by atoms with Gasteiger partial charge < -0.3 is 15.0 Å². The molecule has 3 fully saturated rings. The summed E-state index contributed by atoms with van der Waals surface area (Å²) in [5.41, 5.74) is 0. The Labute approximate surface area is 140 Å². The second-order valence-electron chi connectivity index (χ2n) is 7.19. The number of piperidine rings is 1. The van der Waals surface area contributed by atoms with Crippen molar-refractivity contribution in [3.63, 3.8) is 0 Å². The van der Waals surface area contributed by atoms with E-state index >= 15 is 0 Å². The van der Waals surface area contributed by atoms with E-state index in [4.69, 9.17) is 4.74 Å². The lowest BCUT2D eigenvalue weighted by Crippen LogP contribution is -2.45. The van der Waals surface area contributed by atoms with Gasteiger partial charge in [-0.2, -0.15) is 0 Å². The topological polar surface area (TPSA) is 41.6 Å². The van der Waals surface area contributed by atoms with Gasteiger partial charge in [-0.25, -0.2) is 0 Å². The maximum Gasteiger partial charge on any atom is 0.222 e. The number of amides is 1. The highest BCUT2D eigenvalue weighted by Crippen LogP contribution is 2.28. The van der Waals surface area contributed by atoms with Crippen molar-refractivity contribution in [1.29, 1.82) is 0 Å². The van der Waals surface area contributed by atoms with Crippen molar-refractivity contribution in [1.82, 2.24) is 10.2 Å². The maximum atomic E-state index is 12.3. The first kappa shape index (κ1) is 18.0. The average molecular weight is 331 g/mol. The van der Waals surface area contributed by atoms with Crippen LogP contribution in [0.15, 0.2) is 0 Å². The molecule has 0 aromatic heterocycles. The standard InChI is InChI=1S/C17H30N2O2.ClH/c1-13-2-5-16(21-13)6-7-17(20)19-10-8-15(9-11-19)18-12-14-3-4-14;/h13-16,18H,2-12H2,1H3;1H. The van der Waals surface area contributed by atoms with Crippen LogP contribution in [0.2, 0.25) is 0 Å². The van der Waals surface area contributed by atoms with Crippen LogP contribution in [-0.4, -0.2) is 48.7 Å². The van der Waals surface area contributed by atoms with Gasteiger partial charge in [0.05, 0.1) is 12.2 Å². The third-order valence-corrected chi connectivity index (χ3v) is 5.24. The van der Waals surface area contributed by atoms with E-state index in [0.29, 0.717) is 30.6 Å². The third kappa shape index (κ3) is 5.39. The molecule has 0 spiro atoms. The average Bonchev–Trinajstić information content (AvgIpc) is 3.24. The summed E-state index contributed by atoms with van der Waals surface area (Å²) in [6, 6.07) is 0.633. The monoisotopic (exact) mass is 330 g/mol. The van der Waals surface area contributed by atoms with Crippen molar-refractivity contribution in [3.05, 3.63) is 0 Å². The second kappa shape index (κ2) is 8.51. The molecule has 2 atom stereocenters. The van der Waals surface area contributed by atoms with Crippen LogP contribution in [-0.2, 0) is 9.53 Å². The van der Waals surface area contributed by atoms with Crippen LogP contribution in [0.4, 0.5) is 0 Å². The van der Waals surface area contributed by atoms with Crippen LogP contribution in [0.25, 0.3) is 0 Å². The van der Waals surface area contributed by atoms with Gasteiger partial charge in [-0.1, -0.05) is 0 Å². The van der Waals surface area contributed by atoms with Crippen molar-refractivity contribution in [2.24, 2.45) is 5.92 Å². The molecule has 1 N–H and O–H groups in total. The molecule has 1 aliphatic carbocycles. The number of rotatable bonds is 6. The summed E-state index contributed by atoms with van der Waals surface area (Å²) in [6.07, 6.45) is 9.61. The molecule has 2 heterocycles. The van der Waals surface area contributed by atoms with E-state index in [-0.39, 0.29) is 12.4 Å². The zero-order chi connectivity index (χ0) is 14.7. The van der Waals surface area contributed by atoms with Gasteiger partial charge in [0.25, 0.3) is 0 Å². The fourth-order valence-corrected chi connectivity index (χ4v) is 3.53. The van der Waals surface area contributed by atoms with Crippen molar-refractivity contribution >= 4 is 18.3 Å². The first-order chi connectivity index (χ1) is 10.2. The Morgan fingerprint density at radius 2 is 1.86 bits per heavy atom. The zero-order valence-electron chi connectivity index (χ0n) is 13.8. The molecule has 0 aromatic rings. The Balaban J connectivity index is 0.00000176. The first-order valence-corrected chi connectivity index (χ1v) is 8.87. The molecule has 0 bridgehead atoms. The van der Waals surface area contributed by atoms with Crippen molar-refractivity contribution < 1.29 is 9.53 Å². The quantitative estimate of drug-likeness (QED) is 0.814. The molecule has 0 radical (unpaired) electrons. The summed E-state index contributed by atoms with van der Waals surface area (Å²) in [5.74, 6) is 1.28. The Bertz CT molecular complexity index is 355. The minimum Gasteiger partial charge on any atom is -0.375 e. The summed E-state index contributed by atoms with van der Waals surface area (Å²) in [5, 5.41) is 3.67. The Kier molecular flexibility index (Phi) is 6.97. The van der Waals surface area contributed by atoms with E-state index < -0.39 is 0 Å². The van der Waals surface area contributed by atoms with Crippen molar-refractivity contribution in [2.45, 2.75) is 76.5 Å². The summed E-state index contributed by atoms with van der Waals surface area (Å²) >= 11 is 0. The number of carbonyl (C=O) groups is 1. The molecular formula is C17H31ClN2O2. The molecule has 4 nitrogen and oxygen atoms in total. The molecule has 22 heavy (non-hydrogen) atoms. The Hall–Kier alpha value is -0.320. The van der Waals surface area contributed by atoms with E-state index in [2.05, 4.69) is 17.1 Å². The van der Waals surface area contributed by atoms with Crippen molar-refractivity contribution in [2.75, 3.05) is 19.6 Å². The SMILES string of the molecule is CC1CCC(CCC(=O)N2CCC(NCC3CC3)CC2)O1.Cl. The molecular weight excluding hydrogens is 300 g/mol. The number of halogens is 1. The van der Waals surface area contributed by atoms with E-state index in [0.717, 1.165) is 51.1 Å². The number of hydrogen-bond donors (Lipinski definition) is 1. The van der Waals surface area contributed by atoms with E-state index in [9.17, 15) is 4.79 Å². The Morgan fingerprint density at radius 3 is 2.45 bits per heavy atom. The van der Waals surface area contributed by atoms with Gasteiger partial charge in [0.15, 0.2) is 0 Å². The summed E-state index contributed by atoms with van der Waals surface area (Å²) in [7, 11) is 0. The largest absolute Gasteiger partial charge is 0.375 e. The molecule has 0 aromatic carbocycles. The molecule has 3 aliphatic rings. The van der Waals surface area contributed by atoms with Crippen LogP contribution >= 0.6 is 12.4 Å². The number of likely N-dealkylation sites (tertiary alicyclic amines) is 1. The van der Waals surface area contributed by atoms with Crippen LogP contribution < -0.4 is 5.32 Å². The molecule has 128 valence electrons. The molecule has 1 saturated carbocycles. The summed E-state index contributed by atoms with van der Waals surface area (Å²) in [6.45, 7) is 5.18. The van der Waals surface area contributed by atoms with Gasteiger partial charge >= 0.3 is 0 Å². The lowest BCUT2D eigenvalue weighted by atomic mass is 10.0. The number of ether oxygens (including phenoxy) is 1. The minimum absolute atomic E-state index is 0. The van der Waals surface area contributed by atoms with Gasteiger partial charge in [-0.05, 0) is 64.3 Å². The van der Waals surface area contributed by atoms with E-state index in [1.54, 1.807) is 0 Å². The predicted octanol–water partition coefficient (Wildman–Crippen LogP) is 2.75. The summed E-state index contributed by atoms with van der Waals surface area (Å²) in [4.78, 5) is 14.3. The van der Waals surface area contributed by atoms with E-state index in [1.165, 1.54) is 19.4 Å².